The fraction of sp³-hybridized carbons (Fsp3) is 0.300. The molecule has 1 saturated heterocycles. The Bertz CT molecular complexity index is 588. The standard InChI is InChI=1S/C10H9Cl2NO4S/c11-8-3-1-2-7(9(8)18(12,15)16)6-13-4-5-17-10(13)14/h1-3H,4-6H2. The molecule has 1 aromatic carbocycles. The van der Waals surface area contributed by atoms with E-state index in [2.05, 4.69) is 0 Å². The van der Waals surface area contributed by atoms with E-state index >= 15 is 0 Å². The third-order valence-corrected chi connectivity index (χ3v) is 4.36. The van der Waals surface area contributed by atoms with Crippen molar-refractivity contribution in [2.45, 2.75) is 11.4 Å². The number of carbonyl (C=O) groups is 1. The highest BCUT2D eigenvalue weighted by atomic mass is 35.7. The number of cyclic esters (lactones) is 1. The maximum absolute atomic E-state index is 11.5. The minimum atomic E-state index is -3.96. The van der Waals surface area contributed by atoms with Crippen molar-refractivity contribution in [1.82, 2.24) is 4.90 Å². The molecule has 1 aliphatic heterocycles. The zero-order chi connectivity index (χ0) is 13.3. The number of halogens is 2. The number of amides is 1. The van der Waals surface area contributed by atoms with Gasteiger partial charge in [0, 0.05) is 10.7 Å². The van der Waals surface area contributed by atoms with Crippen LogP contribution in [0.25, 0.3) is 0 Å². The van der Waals surface area contributed by atoms with Gasteiger partial charge in [0.1, 0.15) is 11.5 Å². The van der Waals surface area contributed by atoms with E-state index in [4.69, 9.17) is 27.0 Å². The normalized spacial score (nSPS) is 15.9. The molecular weight excluding hydrogens is 301 g/mol. The molecule has 0 spiro atoms. The van der Waals surface area contributed by atoms with E-state index in [1.165, 1.54) is 11.0 Å². The molecule has 0 aliphatic carbocycles. The third kappa shape index (κ3) is 2.71. The molecule has 1 fully saturated rings. The second-order valence-corrected chi connectivity index (χ2v) is 6.61. The van der Waals surface area contributed by atoms with Crippen molar-refractivity contribution in [3.8, 4) is 0 Å². The molecule has 0 radical (unpaired) electrons. The van der Waals surface area contributed by atoms with Gasteiger partial charge in [0.05, 0.1) is 18.1 Å². The van der Waals surface area contributed by atoms with Gasteiger partial charge in [0.15, 0.2) is 0 Å². The SMILES string of the molecule is O=C1OCCN1Cc1cccc(Cl)c1S(=O)(=O)Cl. The Morgan fingerprint density at radius 3 is 2.67 bits per heavy atom. The first-order chi connectivity index (χ1) is 8.39. The highest BCUT2D eigenvalue weighted by Crippen LogP contribution is 2.29. The van der Waals surface area contributed by atoms with Crippen molar-refractivity contribution in [2.75, 3.05) is 13.2 Å². The Morgan fingerprint density at radius 1 is 1.39 bits per heavy atom. The van der Waals surface area contributed by atoms with Gasteiger partial charge in [0.2, 0.25) is 0 Å². The molecule has 8 heteroatoms. The van der Waals surface area contributed by atoms with Gasteiger partial charge < -0.3 is 9.64 Å². The van der Waals surface area contributed by atoms with Crippen LogP contribution in [0, 0.1) is 0 Å². The summed E-state index contributed by atoms with van der Waals surface area (Å²) >= 11 is 5.84. The first-order valence-electron chi connectivity index (χ1n) is 5.03. The fourth-order valence-electron chi connectivity index (χ4n) is 1.73. The lowest BCUT2D eigenvalue weighted by Crippen LogP contribution is -2.24. The highest BCUT2D eigenvalue weighted by molar-refractivity contribution is 8.13. The maximum atomic E-state index is 11.5. The molecule has 1 heterocycles. The fourth-order valence-corrected chi connectivity index (χ4v) is 3.64. The van der Waals surface area contributed by atoms with E-state index in [9.17, 15) is 13.2 Å². The van der Waals surface area contributed by atoms with Crippen molar-refractivity contribution < 1.29 is 17.9 Å². The molecule has 5 nitrogen and oxygen atoms in total. The molecule has 98 valence electrons. The average Bonchev–Trinajstić information content (AvgIpc) is 2.62. The first-order valence-corrected chi connectivity index (χ1v) is 7.72. The zero-order valence-electron chi connectivity index (χ0n) is 9.10. The van der Waals surface area contributed by atoms with Crippen LogP contribution in [0.5, 0.6) is 0 Å². The number of rotatable bonds is 3. The lowest BCUT2D eigenvalue weighted by atomic mass is 10.2. The second kappa shape index (κ2) is 4.95. The van der Waals surface area contributed by atoms with Gasteiger partial charge in [-0.1, -0.05) is 23.7 Å². The van der Waals surface area contributed by atoms with Gasteiger partial charge in [-0.3, -0.25) is 0 Å². The van der Waals surface area contributed by atoms with Gasteiger partial charge in [-0.25, -0.2) is 13.2 Å². The molecular formula is C10H9Cl2NO4S. The van der Waals surface area contributed by atoms with Crippen LogP contribution in [0.3, 0.4) is 0 Å². The van der Waals surface area contributed by atoms with Crippen LogP contribution in [0.4, 0.5) is 4.79 Å². The smallest absolute Gasteiger partial charge is 0.410 e. The molecule has 1 aliphatic rings. The van der Waals surface area contributed by atoms with E-state index in [1.807, 2.05) is 0 Å². The van der Waals surface area contributed by atoms with E-state index in [-0.39, 0.29) is 16.5 Å². The van der Waals surface area contributed by atoms with Gasteiger partial charge >= 0.3 is 6.09 Å². The first kappa shape index (κ1) is 13.5. The summed E-state index contributed by atoms with van der Waals surface area (Å²) in [5, 5.41) is 0.0371. The van der Waals surface area contributed by atoms with E-state index in [0.717, 1.165) is 0 Å². The van der Waals surface area contributed by atoms with E-state index < -0.39 is 15.1 Å². The summed E-state index contributed by atoms with van der Waals surface area (Å²) in [6, 6.07) is 4.60. The van der Waals surface area contributed by atoms with Crippen molar-refractivity contribution in [3.05, 3.63) is 28.8 Å². The van der Waals surface area contributed by atoms with Gasteiger partial charge in [-0.2, -0.15) is 0 Å². The summed E-state index contributed by atoms with van der Waals surface area (Å²) < 4.78 is 27.7. The third-order valence-electron chi connectivity index (χ3n) is 2.50. The minimum absolute atomic E-state index is 0.0371. The van der Waals surface area contributed by atoms with Gasteiger partial charge in [0.25, 0.3) is 9.05 Å². The van der Waals surface area contributed by atoms with Crippen molar-refractivity contribution in [2.24, 2.45) is 0 Å². The largest absolute Gasteiger partial charge is 0.448 e. The summed E-state index contributed by atoms with van der Waals surface area (Å²) in [4.78, 5) is 12.5. The summed E-state index contributed by atoms with van der Waals surface area (Å²) in [6.07, 6.45) is -0.479. The Hall–Kier alpha value is -0.980. The maximum Gasteiger partial charge on any atom is 0.410 e. The lowest BCUT2D eigenvalue weighted by Gasteiger charge is -2.15. The number of nitrogens with zero attached hydrogens (tertiary/aromatic N) is 1. The number of hydrogen-bond donors (Lipinski definition) is 0. The van der Waals surface area contributed by atoms with Crippen LogP contribution in [0.1, 0.15) is 5.56 Å². The van der Waals surface area contributed by atoms with Crippen LogP contribution in [0.15, 0.2) is 23.1 Å². The van der Waals surface area contributed by atoms with E-state index in [0.29, 0.717) is 18.7 Å². The molecule has 1 amide bonds. The number of benzene rings is 1. The Kier molecular flexibility index (Phi) is 3.70. The molecule has 2 rings (SSSR count). The molecule has 18 heavy (non-hydrogen) atoms. The molecule has 0 unspecified atom stereocenters. The van der Waals surface area contributed by atoms with Crippen LogP contribution in [0.2, 0.25) is 5.02 Å². The lowest BCUT2D eigenvalue weighted by molar-refractivity contribution is 0.157. The zero-order valence-corrected chi connectivity index (χ0v) is 11.4. The number of hydrogen-bond acceptors (Lipinski definition) is 4. The molecule has 0 bridgehead atoms. The van der Waals surface area contributed by atoms with Crippen molar-refractivity contribution in [3.63, 3.8) is 0 Å². The van der Waals surface area contributed by atoms with Crippen LogP contribution in [-0.4, -0.2) is 32.6 Å². The minimum Gasteiger partial charge on any atom is -0.448 e. The van der Waals surface area contributed by atoms with Crippen LogP contribution >= 0.6 is 22.3 Å². The Labute approximate surface area is 114 Å². The van der Waals surface area contributed by atoms with Crippen LogP contribution in [-0.2, 0) is 20.3 Å². The summed E-state index contributed by atoms with van der Waals surface area (Å²) in [5.74, 6) is 0. The molecule has 0 saturated carbocycles. The van der Waals surface area contributed by atoms with Crippen LogP contribution < -0.4 is 0 Å². The van der Waals surface area contributed by atoms with Gasteiger partial charge in [-0.05, 0) is 11.6 Å². The summed E-state index contributed by atoms with van der Waals surface area (Å²) in [5.41, 5.74) is 0.372. The molecule has 1 aromatic rings. The number of carbonyl (C=O) groups excluding carboxylic acids is 1. The molecule has 0 atom stereocenters. The predicted molar refractivity (Wildman–Crippen MR) is 66.2 cm³/mol. The molecule has 0 N–H and O–H groups in total. The van der Waals surface area contributed by atoms with E-state index in [1.54, 1.807) is 12.1 Å². The summed E-state index contributed by atoms with van der Waals surface area (Å²) in [7, 11) is 1.38. The molecule has 0 aromatic heterocycles. The monoisotopic (exact) mass is 309 g/mol. The van der Waals surface area contributed by atoms with Crippen molar-refractivity contribution >= 4 is 37.4 Å². The summed E-state index contributed by atoms with van der Waals surface area (Å²) in [6.45, 7) is 0.802. The Balaban J connectivity index is 2.39. The Morgan fingerprint density at radius 2 is 2.11 bits per heavy atom. The second-order valence-electron chi connectivity index (χ2n) is 3.70. The highest BCUT2D eigenvalue weighted by Gasteiger charge is 2.26. The van der Waals surface area contributed by atoms with Crippen molar-refractivity contribution in [1.29, 1.82) is 0 Å². The predicted octanol–water partition coefficient (Wildman–Crippen LogP) is 2.22. The van der Waals surface area contributed by atoms with Gasteiger partial charge in [-0.15, -0.1) is 0 Å². The number of ether oxygens (including phenoxy) is 1. The average molecular weight is 310 g/mol. The quantitative estimate of drug-likeness (QED) is 0.803. The topological polar surface area (TPSA) is 63.7 Å².